The summed E-state index contributed by atoms with van der Waals surface area (Å²) in [7, 11) is 0. The zero-order chi connectivity index (χ0) is 16.2. The Bertz CT molecular complexity index is 568. The predicted molar refractivity (Wildman–Crippen MR) is 86.8 cm³/mol. The van der Waals surface area contributed by atoms with E-state index in [0.717, 1.165) is 30.4 Å². The largest absolute Gasteiger partial charge is 0.435 e. The first kappa shape index (κ1) is 18.9. The Morgan fingerprint density at radius 2 is 2.25 bits per heavy atom. The van der Waals surface area contributed by atoms with Crippen LogP contribution in [-0.4, -0.2) is 38.3 Å². The molecule has 1 amide bonds. The van der Waals surface area contributed by atoms with Crippen LogP contribution in [0, 0.1) is 0 Å². The molecule has 1 fully saturated rings. The molecule has 1 aromatic carbocycles. The van der Waals surface area contributed by atoms with E-state index in [0.29, 0.717) is 19.8 Å². The van der Waals surface area contributed by atoms with Crippen molar-refractivity contribution in [1.29, 1.82) is 0 Å². The third kappa shape index (κ3) is 4.55. The molecular weight excluding hydrogens is 342 g/mol. The van der Waals surface area contributed by atoms with Gasteiger partial charge in [-0.3, -0.25) is 4.79 Å². The second kappa shape index (κ2) is 8.60. The Balaban J connectivity index is 0.00000208. The second-order valence-electron chi connectivity index (χ2n) is 5.77. The molecule has 24 heavy (non-hydrogen) atoms. The molecule has 1 aliphatic heterocycles. The van der Waals surface area contributed by atoms with Crippen molar-refractivity contribution in [3.8, 4) is 5.75 Å². The van der Waals surface area contributed by atoms with Crippen molar-refractivity contribution in [2.45, 2.75) is 38.0 Å². The molecule has 0 aromatic heterocycles. The van der Waals surface area contributed by atoms with Crippen molar-refractivity contribution in [3.63, 3.8) is 0 Å². The molecule has 2 atom stereocenters. The van der Waals surface area contributed by atoms with Crippen LogP contribution in [0.2, 0.25) is 0 Å². The van der Waals surface area contributed by atoms with E-state index in [2.05, 4.69) is 15.4 Å². The molecule has 1 heterocycles. The molecule has 0 saturated carbocycles. The van der Waals surface area contributed by atoms with Crippen LogP contribution in [-0.2, 0) is 16.0 Å². The number of nitrogens with one attached hydrogen (secondary N) is 2. The van der Waals surface area contributed by atoms with Gasteiger partial charge in [0, 0.05) is 6.54 Å². The van der Waals surface area contributed by atoms with E-state index < -0.39 is 6.61 Å². The fraction of sp³-hybridized carbons (Fsp3) is 0.562. The topological polar surface area (TPSA) is 59.6 Å². The SMILES string of the molecule is Cl.O=C(NC1CCCc2cc(OC(F)F)ccc21)C1COCCN1. The molecule has 5 nitrogen and oxygen atoms in total. The molecule has 0 spiro atoms. The van der Waals surface area contributed by atoms with Crippen molar-refractivity contribution < 1.29 is 23.0 Å². The van der Waals surface area contributed by atoms with Gasteiger partial charge in [0.25, 0.3) is 0 Å². The maximum atomic E-state index is 12.3. The van der Waals surface area contributed by atoms with Gasteiger partial charge in [-0.15, -0.1) is 12.4 Å². The molecule has 3 rings (SSSR count). The van der Waals surface area contributed by atoms with Gasteiger partial charge in [-0.2, -0.15) is 8.78 Å². The number of morpholine rings is 1. The molecule has 134 valence electrons. The van der Waals surface area contributed by atoms with Gasteiger partial charge in [0.05, 0.1) is 19.3 Å². The number of benzene rings is 1. The summed E-state index contributed by atoms with van der Waals surface area (Å²) in [5.41, 5.74) is 1.93. The fourth-order valence-electron chi connectivity index (χ4n) is 3.12. The summed E-state index contributed by atoms with van der Waals surface area (Å²) in [5.74, 6) is 0.0727. The van der Waals surface area contributed by atoms with Gasteiger partial charge in [-0.05, 0) is 42.5 Å². The molecule has 0 radical (unpaired) electrons. The lowest BCUT2D eigenvalue weighted by Crippen LogP contribution is -2.52. The van der Waals surface area contributed by atoms with E-state index in [1.54, 1.807) is 12.1 Å². The highest BCUT2D eigenvalue weighted by molar-refractivity contribution is 5.85. The van der Waals surface area contributed by atoms with E-state index in [4.69, 9.17) is 4.74 Å². The molecule has 2 aliphatic rings. The minimum absolute atomic E-state index is 0. The Morgan fingerprint density at radius 3 is 2.96 bits per heavy atom. The van der Waals surface area contributed by atoms with Crippen molar-refractivity contribution in [2.75, 3.05) is 19.8 Å². The lowest BCUT2D eigenvalue weighted by Gasteiger charge is -2.30. The first-order chi connectivity index (χ1) is 11.1. The average molecular weight is 363 g/mol. The number of ether oxygens (including phenoxy) is 2. The Kier molecular flexibility index (Phi) is 6.77. The summed E-state index contributed by atoms with van der Waals surface area (Å²) in [6.07, 6.45) is 2.53. The molecular formula is C16H21ClF2N2O3. The van der Waals surface area contributed by atoms with E-state index in [-0.39, 0.29) is 36.1 Å². The van der Waals surface area contributed by atoms with Gasteiger partial charge in [0.2, 0.25) is 5.91 Å². The van der Waals surface area contributed by atoms with E-state index in [1.807, 2.05) is 0 Å². The average Bonchev–Trinajstić information content (AvgIpc) is 2.55. The maximum absolute atomic E-state index is 12.3. The molecule has 1 aromatic rings. The number of halogens is 3. The predicted octanol–water partition coefficient (Wildman–Crippen LogP) is 2.19. The lowest BCUT2D eigenvalue weighted by molar-refractivity contribution is -0.126. The zero-order valence-electron chi connectivity index (χ0n) is 13.1. The number of amides is 1. The second-order valence-corrected chi connectivity index (χ2v) is 5.77. The van der Waals surface area contributed by atoms with Gasteiger partial charge in [-0.25, -0.2) is 0 Å². The van der Waals surface area contributed by atoms with Crippen LogP contribution < -0.4 is 15.4 Å². The maximum Gasteiger partial charge on any atom is 0.387 e. The van der Waals surface area contributed by atoms with Gasteiger partial charge in [-0.1, -0.05) is 6.07 Å². The number of aryl methyl sites for hydroxylation is 1. The number of alkyl halides is 2. The summed E-state index contributed by atoms with van der Waals surface area (Å²) in [5, 5.41) is 6.16. The molecule has 1 aliphatic carbocycles. The van der Waals surface area contributed by atoms with Crippen LogP contribution in [0.5, 0.6) is 5.75 Å². The Labute approximate surface area is 145 Å². The third-order valence-corrected chi connectivity index (χ3v) is 4.21. The number of fused-ring (bicyclic) bond motifs is 1. The lowest BCUT2D eigenvalue weighted by atomic mass is 9.87. The van der Waals surface area contributed by atoms with E-state index >= 15 is 0 Å². The number of carbonyl (C=O) groups is 1. The summed E-state index contributed by atoms with van der Waals surface area (Å²) in [6.45, 7) is -1.19. The minimum atomic E-state index is -2.83. The fourth-order valence-corrected chi connectivity index (χ4v) is 3.12. The molecule has 1 saturated heterocycles. The van der Waals surface area contributed by atoms with Crippen LogP contribution in [0.1, 0.15) is 30.0 Å². The number of carbonyl (C=O) groups excluding carboxylic acids is 1. The van der Waals surface area contributed by atoms with Crippen LogP contribution >= 0.6 is 12.4 Å². The number of rotatable bonds is 4. The first-order valence-corrected chi connectivity index (χ1v) is 7.82. The van der Waals surface area contributed by atoms with Gasteiger partial charge in [0.15, 0.2) is 0 Å². The summed E-state index contributed by atoms with van der Waals surface area (Å²) in [6, 6.07) is 4.49. The van der Waals surface area contributed by atoms with Crippen molar-refractivity contribution in [2.24, 2.45) is 0 Å². The van der Waals surface area contributed by atoms with Crippen molar-refractivity contribution in [1.82, 2.24) is 10.6 Å². The Hall–Kier alpha value is -1.44. The highest BCUT2D eigenvalue weighted by Gasteiger charge is 2.27. The zero-order valence-corrected chi connectivity index (χ0v) is 13.9. The summed E-state index contributed by atoms with van der Waals surface area (Å²) < 4.78 is 34.4. The monoisotopic (exact) mass is 362 g/mol. The molecule has 8 heteroatoms. The minimum Gasteiger partial charge on any atom is -0.435 e. The van der Waals surface area contributed by atoms with E-state index in [9.17, 15) is 13.6 Å². The van der Waals surface area contributed by atoms with Gasteiger partial charge < -0.3 is 20.1 Å². The van der Waals surface area contributed by atoms with Crippen molar-refractivity contribution >= 4 is 18.3 Å². The number of hydrogen-bond acceptors (Lipinski definition) is 4. The standard InChI is InChI=1S/C16H20F2N2O3.ClH/c17-16(18)23-11-4-5-12-10(8-11)2-1-3-13(12)20-15(21)14-9-22-7-6-19-14;/h4-5,8,13-14,16,19H,1-3,6-7,9H2,(H,20,21);1H. The van der Waals surface area contributed by atoms with Crippen LogP contribution in [0.3, 0.4) is 0 Å². The number of hydrogen-bond donors (Lipinski definition) is 2. The highest BCUT2D eigenvalue weighted by atomic mass is 35.5. The third-order valence-electron chi connectivity index (χ3n) is 4.21. The Morgan fingerprint density at radius 1 is 1.42 bits per heavy atom. The van der Waals surface area contributed by atoms with Crippen LogP contribution in [0.15, 0.2) is 18.2 Å². The normalized spacial score (nSPS) is 23.1. The van der Waals surface area contributed by atoms with Gasteiger partial charge >= 0.3 is 6.61 Å². The van der Waals surface area contributed by atoms with Crippen LogP contribution in [0.4, 0.5) is 8.78 Å². The van der Waals surface area contributed by atoms with Gasteiger partial charge in [0.1, 0.15) is 11.8 Å². The molecule has 0 bridgehead atoms. The quantitative estimate of drug-likeness (QED) is 0.862. The highest BCUT2D eigenvalue weighted by Crippen LogP contribution is 2.32. The van der Waals surface area contributed by atoms with Crippen molar-refractivity contribution in [3.05, 3.63) is 29.3 Å². The van der Waals surface area contributed by atoms with Crippen LogP contribution in [0.25, 0.3) is 0 Å². The summed E-state index contributed by atoms with van der Waals surface area (Å²) >= 11 is 0. The smallest absolute Gasteiger partial charge is 0.387 e. The molecule has 2 N–H and O–H groups in total. The summed E-state index contributed by atoms with van der Waals surface area (Å²) in [4.78, 5) is 12.3. The first-order valence-electron chi connectivity index (χ1n) is 7.82. The molecule has 2 unspecified atom stereocenters. The van der Waals surface area contributed by atoms with E-state index in [1.165, 1.54) is 6.07 Å².